The van der Waals surface area contributed by atoms with Crippen molar-refractivity contribution in [2.45, 2.75) is 0 Å². The van der Waals surface area contributed by atoms with Gasteiger partial charge in [0, 0.05) is 0 Å². The van der Waals surface area contributed by atoms with Crippen molar-refractivity contribution >= 4 is 17.5 Å². The smallest absolute Gasteiger partial charge is 0.237 e. The number of nitriles is 2. The van der Waals surface area contributed by atoms with E-state index < -0.39 is 0 Å². The van der Waals surface area contributed by atoms with Gasteiger partial charge in [-0.25, -0.2) is 0 Å². The molecule has 0 spiro atoms. The summed E-state index contributed by atoms with van der Waals surface area (Å²) in [5.74, 6) is 0. The van der Waals surface area contributed by atoms with Crippen LogP contribution in [0, 0.1) is 22.7 Å². The van der Waals surface area contributed by atoms with Crippen LogP contribution in [0.2, 0.25) is 0 Å². The Bertz CT molecular complexity index is 458. The third-order valence-corrected chi connectivity index (χ3v) is 1.68. The van der Waals surface area contributed by atoms with Gasteiger partial charge in [-0.3, -0.25) is 5.43 Å². The summed E-state index contributed by atoms with van der Waals surface area (Å²) >= 11 is 0. The molecule has 0 heterocycles. The first-order valence-corrected chi connectivity index (χ1v) is 4.17. The number of hydrogen-bond donors (Lipinski definition) is 1. The molecule has 0 aromatic heterocycles. The first-order chi connectivity index (χ1) is 7.31. The Morgan fingerprint density at radius 2 is 2.00 bits per heavy atom. The van der Waals surface area contributed by atoms with E-state index in [1.165, 1.54) is 0 Å². The summed E-state index contributed by atoms with van der Waals surface area (Å²) in [6.07, 6.45) is 1.66. The molecule has 0 fully saturated rings. The highest BCUT2D eigenvalue weighted by atomic mass is 15.3. The van der Waals surface area contributed by atoms with Gasteiger partial charge in [0.2, 0.25) is 5.71 Å². The molecule has 1 N–H and O–H groups in total. The summed E-state index contributed by atoms with van der Waals surface area (Å²) < 4.78 is 0. The fourth-order valence-electron chi connectivity index (χ4n) is 0.968. The zero-order chi connectivity index (χ0) is 11.1. The van der Waals surface area contributed by atoms with Crippen molar-refractivity contribution in [2.75, 3.05) is 5.43 Å². The van der Waals surface area contributed by atoms with Crippen molar-refractivity contribution in [2.24, 2.45) is 5.10 Å². The van der Waals surface area contributed by atoms with E-state index in [0.29, 0.717) is 5.69 Å². The fraction of sp³-hybridized carbons (Fsp3) is 0. The van der Waals surface area contributed by atoms with Crippen LogP contribution in [0.1, 0.15) is 5.56 Å². The zero-order valence-electron chi connectivity index (χ0n) is 7.94. The molecule has 72 valence electrons. The zero-order valence-corrected chi connectivity index (χ0v) is 7.94. The molecule has 1 aromatic carbocycles. The Hall–Kier alpha value is -2.59. The number of anilines is 1. The molecule has 1 rings (SSSR count). The van der Waals surface area contributed by atoms with E-state index in [4.69, 9.17) is 10.5 Å². The van der Waals surface area contributed by atoms with Gasteiger partial charge < -0.3 is 0 Å². The van der Waals surface area contributed by atoms with Crippen LogP contribution in [0.5, 0.6) is 0 Å². The summed E-state index contributed by atoms with van der Waals surface area (Å²) in [5.41, 5.74) is 3.99. The lowest BCUT2D eigenvalue weighted by Crippen LogP contribution is -1.97. The second kappa shape index (κ2) is 5.21. The second-order valence-electron chi connectivity index (χ2n) is 2.59. The SMILES string of the molecule is C=Cc1ccccc1NN=C(C#N)C#N. The molecule has 1 aromatic rings. The highest BCUT2D eigenvalue weighted by Crippen LogP contribution is 2.15. The van der Waals surface area contributed by atoms with Crippen LogP contribution in [-0.2, 0) is 0 Å². The van der Waals surface area contributed by atoms with Crippen molar-refractivity contribution in [3.05, 3.63) is 36.4 Å². The van der Waals surface area contributed by atoms with Crippen molar-refractivity contribution in [3.8, 4) is 12.1 Å². The Balaban J connectivity index is 2.92. The number of hydrazone groups is 1. The Kier molecular flexibility index (Phi) is 3.64. The molecule has 4 heteroatoms. The van der Waals surface area contributed by atoms with Gasteiger partial charge in [0.15, 0.2) is 0 Å². The topological polar surface area (TPSA) is 72.0 Å². The number of rotatable bonds is 3. The minimum atomic E-state index is -0.214. The molecule has 0 aliphatic heterocycles. The normalized spacial score (nSPS) is 8.13. The van der Waals surface area contributed by atoms with Crippen LogP contribution in [0.25, 0.3) is 6.08 Å². The molecule has 0 amide bonds. The number of benzene rings is 1. The molecule has 0 saturated heterocycles. The van der Waals surface area contributed by atoms with Crippen molar-refractivity contribution in [1.82, 2.24) is 0 Å². The van der Waals surface area contributed by atoms with Gasteiger partial charge in [0.25, 0.3) is 0 Å². The number of para-hydroxylation sites is 1. The maximum Gasteiger partial charge on any atom is 0.237 e. The molecule has 0 bridgehead atoms. The monoisotopic (exact) mass is 196 g/mol. The first kappa shape index (κ1) is 10.5. The van der Waals surface area contributed by atoms with Crippen molar-refractivity contribution in [1.29, 1.82) is 10.5 Å². The Morgan fingerprint density at radius 3 is 2.60 bits per heavy atom. The Morgan fingerprint density at radius 1 is 1.33 bits per heavy atom. The number of hydrogen-bond acceptors (Lipinski definition) is 4. The van der Waals surface area contributed by atoms with Crippen LogP contribution in [0.4, 0.5) is 5.69 Å². The van der Waals surface area contributed by atoms with E-state index in [0.717, 1.165) is 5.56 Å². The van der Waals surface area contributed by atoms with Crippen molar-refractivity contribution < 1.29 is 0 Å². The average molecular weight is 196 g/mol. The second-order valence-corrected chi connectivity index (χ2v) is 2.59. The lowest BCUT2D eigenvalue weighted by molar-refractivity contribution is 1.33. The maximum absolute atomic E-state index is 8.47. The minimum absolute atomic E-state index is 0.214. The van der Waals surface area contributed by atoms with Crippen LogP contribution in [-0.4, -0.2) is 5.71 Å². The van der Waals surface area contributed by atoms with Gasteiger partial charge in [0.05, 0.1) is 5.69 Å². The first-order valence-electron chi connectivity index (χ1n) is 4.17. The van der Waals surface area contributed by atoms with Crippen LogP contribution in [0.15, 0.2) is 35.9 Å². The molecule has 0 atom stereocenters. The molecule has 0 aliphatic carbocycles. The molecule has 0 radical (unpaired) electrons. The molecular weight excluding hydrogens is 188 g/mol. The summed E-state index contributed by atoms with van der Waals surface area (Å²) in [7, 11) is 0. The molecule has 15 heavy (non-hydrogen) atoms. The predicted molar refractivity (Wildman–Crippen MR) is 58.8 cm³/mol. The van der Waals surface area contributed by atoms with Gasteiger partial charge in [-0.2, -0.15) is 15.6 Å². The third kappa shape index (κ3) is 2.68. The molecule has 0 aliphatic rings. The minimum Gasteiger partial charge on any atom is -0.276 e. The van der Waals surface area contributed by atoms with E-state index in [1.807, 2.05) is 18.2 Å². The molecule has 0 unspecified atom stereocenters. The fourth-order valence-corrected chi connectivity index (χ4v) is 0.968. The largest absolute Gasteiger partial charge is 0.276 e. The lowest BCUT2D eigenvalue weighted by atomic mass is 10.2. The van der Waals surface area contributed by atoms with Gasteiger partial charge >= 0.3 is 0 Å². The van der Waals surface area contributed by atoms with Crippen molar-refractivity contribution in [3.63, 3.8) is 0 Å². The Labute approximate surface area is 87.8 Å². The quantitative estimate of drug-likeness (QED) is 0.594. The van der Waals surface area contributed by atoms with E-state index in [2.05, 4.69) is 17.1 Å². The van der Waals surface area contributed by atoms with Gasteiger partial charge in [-0.15, -0.1) is 0 Å². The highest BCUT2D eigenvalue weighted by molar-refractivity contribution is 6.10. The van der Waals surface area contributed by atoms with Crippen LogP contribution < -0.4 is 5.43 Å². The van der Waals surface area contributed by atoms with Gasteiger partial charge in [-0.05, 0) is 11.6 Å². The third-order valence-electron chi connectivity index (χ3n) is 1.68. The number of nitrogens with one attached hydrogen (secondary N) is 1. The molecule has 0 saturated carbocycles. The number of nitrogens with zero attached hydrogens (tertiary/aromatic N) is 3. The lowest BCUT2D eigenvalue weighted by Gasteiger charge is -2.03. The van der Waals surface area contributed by atoms with E-state index in [-0.39, 0.29) is 5.71 Å². The standard InChI is InChI=1S/C11H8N4/c1-2-9-5-3-4-6-11(9)15-14-10(7-12)8-13/h2-6,15H,1H2. The van der Waals surface area contributed by atoms with Crippen LogP contribution in [0.3, 0.4) is 0 Å². The summed E-state index contributed by atoms with van der Waals surface area (Å²) in [6.45, 7) is 3.64. The average Bonchev–Trinajstić information content (AvgIpc) is 2.31. The summed E-state index contributed by atoms with van der Waals surface area (Å²) in [6, 6.07) is 10.6. The highest BCUT2D eigenvalue weighted by Gasteiger charge is 1.97. The van der Waals surface area contributed by atoms with E-state index >= 15 is 0 Å². The predicted octanol–water partition coefficient (Wildman–Crippen LogP) is 2.14. The van der Waals surface area contributed by atoms with Crippen LogP contribution >= 0.6 is 0 Å². The summed E-state index contributed by atoms with van der Waals surface area (Å²) in [4.78, 5) is 0. The van der Waals surface area contributed by atoms with Gasteiger partial charge in [0.1, 0.15) is 12.1 Å². The summed E-state index contributed by atoms with van der Waals surface area (Å²) in [5, 5.41) is 20.6. The maximum atomic E-state index is 8.47. The molecular formula is C11H8N4. The van der Waals surface area contributed by atoms with Gasteiger partial charge in [-0.1, -0.05) is 30.9 Å². The van der Waals surface area contributed by atoms with E-state index in [9.17, 15) is 0 Å². The molecule has 4 nitrogen and oxygen atoms in total. The van der Waals surface area contributed by atoms with E-state index in [1.54, 1.807) is 24.3 Å².